The largest absolute Gasteiger partial charge is 0.379 e. The standard InChI is InChI=1S/C18H33NO2/c1-7-9-15(3)16(4)14-19(17(5)8-2)11-13-21-12-10-18(6)20/h7,14-15,17H,1,8-13H2,2-6H3/b16-14-. The molecule has 2 unspecified atom stereocenters. The van der Waals surface area contributed by atoms with Gasteiger partial charge in [0.1, 0.15) is 5.78 Å². The molecule has 3 heteroatoms. The van der Waals surface area contributed by atoms with Crippen molar-refractivity contribution in [1.82, 2.24) is 4.90 Å². The van der Waals surface area contributed by atoms with Gasteiger partial charge in [0, 0.05) is 19.0 Å². The Labute approximate surface area is 131 Å². The highest BCUT2D eigenvalue weighted by atomic mass is 16.5. The van der Waals surface area contributed by atoms with Gasteiger partial charge >= 0.3 is 0 Å². The predicted octanol–water partition coefficient (Wildman–Crippen LogP) is 4.20. The minimum atomic E-state index is 0.183. The number of allylic oxidation sites excluding steroid dienone is 2. The molecule has 0 N–H and O–H groups in total. The topological polar surface area (TPSA) is 29.5 Å². The second kappa shape index (κ2) is 11.6. The smallest absolute Gasteiger partial charge is 0.132 e. The van der Waals surface area contributed by atoms with E-state index in [1.54, 1.807) is 6.92 Å². The second-order valence-corrected chi connectivity index (χ2v) is 5.86. The third kappa shape index (κ3) is 9.46. The van der Waals surface area contributed by atoms with Crippen LogP contribution >= 0.6 is 0 Å². The van der Waals surface area contributed by atoms with Gasteiger partial charge in [-0.2, -0.15) is 0 Å². The van der Waals surface area contributed by atoms with Crippen LogP contribution in [0.25, 0.3) is 0 Å². The lowest BCUT2D eigenvalue weighted by atomic mass is 9.99. The molecule has 122 valence electrons. The molecule has 0 bridgehead atoms. The van der Waals surface area contributed by atoms with E-state index in [0.717, 1.165) is 19.4 Å². The number of hydrogen-bond acceptors (Lipinski definition) is 3. The minimum absolute atomic E-state index is 0.183. The van der Waals surface area contributed by atoms with Crippen LogP contribution in [0.1, 0.15) is 53.9 Å². The van der Waals surface area contributed by atoms with Crippen LogP contribution in [0.5, 0.6) is 0 Å². The van der Waals surface area contributed by atoms with Crippen molar-refractivity contribution >= 4 is 5.78 Å². The predicted molar refractivity (Wildman–Crippen MR) is 90.3 cm³/mol. The Hall–Kier alpha value is -1.09. The third-order valence-electron chi connectivity index (χ3n) is 3.92. The van der Waals surface area contributed by atoms with Gasteiger partial charge in [-0.3, -0.25) is 4.79 Å². The van der Waals surface area contributed by atoms with Crippen molar-refractivity contribution in [2.45, 2.75) is 59.9 Å². The first kappa shape index (κ1) is 19.9. The molecule has 0 aliphatic carbocycles. The molecule has 0 radical (unpaired) electrons. The fourth-order valence-corrected chi connectivity index (χ4v) is 1.96. The van der Waals surface area contributed by atoms with Gasteiger partial charge in [-0.1, -0.05) is 25.5 Å². The number of carbonyl (C=O) groups excluding carboxylic acids is 1. The van der Waals surface area contributed by atoms with Crippen LogP contribution in [0.4, 0.5) is 0 Å². The summed E-state index contributed by atoms with van der Waals surface area (Å²) in [6.45, 7) is 16.3. The van der Waals surface area contributed by atoms with Crippen LogP contribution in [0, 0.1) is 5.92 Å². The van der Waals surface area contributed by atoms with Crippen molar-refractivity contribution in [3.8, 4) is 0 Å². The summed E-state index contributed by atoms with van der Waals surface area (Å²) in [5, 5.41) is 0. The summed E-state index contributed by atoms with van der Waals surface area (Å²) >= 11 is 0. The summed E-state index contributed by atoms with van der Waals surface area (Å²) < 4.78 is 5.55. The normalized spacial score (nSPS) is 14.6. The van der Waals surface area contributed by atoms with E-state index < -0.39 is 0 Å². The number of nitrogens with zero attached hydrogens (tertiary/aromatic N) is 1. The molecule has 0 aromatic carbocycles. The van der Waals surface area contributed by atoms with Crippen molar-refractivity contribution in [2.75, 3.05) is 19.8 Å². The summed E-state index contributed by atoms with van der Waals surface area (Å²) in [7, 11) is 0. The lowest BCUT2D eigenvalue weighted by molar-refractivity contribution is -0.118. The molecule has 2 atom stereocenters. The van der Waals surface area contributed by atoms with Crippen molar-refractivity contribution in [2.24, 2.45) is 5.92 Å². The number of hydrogen-bond donors (Lipinski definition) is 0. The maximum absolute atomic E-state index is 10.9. The Morgan fingerprint density at radius 1 is 1.29 bits per heavy atom. The van der Waals surface area contributed by atoms with Gasteiger partial charge in [0.2, 0.25) is 0 Å². The lowest BCUT2D eigenvalue weighted by Gasteiger charge is -2.28. The van der Waals surface area contributed by atoms with E-state index in [1.165, 1.54) is 5.57 Å². The fraction of sp³-hybridized carbons (Fsp3) is 0.722. The molecule has 0 spiro atoms. The monoisotopic (exact) mass is 295 g/mol. The Balaban J connectivity index is 4.41. The van der Waals surface area contributed by atoms with E-state index in [0.29, 0.717) is 31.6 Å². The third-order valence-corrected chi connectivity index (χ3v) is 3.92. The summed E-state index contributed by atoms with van der Waals surface area (Å²) in [5.74, 6) is 0.704. The molecule has 0 rings (SSSR count). The first-order valence-electron chi connectivity index (χ1n) is 8.04. The zero-order valence-electron chi connectivity index (χ0n) is 14.5. The summed E-state index contributed by atoms with van der Waals surface area (Å²) in [5.41, 5.74) is 1.37. The lowest BCUT2D eigenvalue weighted by Crippen LogP contribution is -2.31. The van der Waals surface area contributed by atoms with Gasteiger partial charge in [-0.15, -0.1) is 6.58 Å². The van der Waals surface area contributed by atoms with Gasteiger partial charge in [0.15, 0.2) is 0 Å². The molecule has 0 aromatic rings. The average molecular weight is 295 g/mol. The number of carbonyl (C=O) groups is 1. The van der Waals surface area contributed by atoms with Crippen LogP contribution in [0.15, 0.2) is 24.4 Å². The Bertz CT molecular complexity index is 336. The Morgan fingerprint density at radius 3 is 2.48 bits per heavy atom. The Morgan fingerprint density at radius 2 is 1.95 bits per heavy atom. The summed E-state index contributed by atoms with van der Waals surface area (Å²) in [6, 6.07) is 0.493. The highest BCUT2D eigenvalue weighted by Gasteiger charge is 2.10. The number of ether oxygens (including phenoxy) is 1. The molecule has 0 aliphatic heterocycles. The highest BCUT2D eigenvalue weighted by Crippen LogP contribution is 2.16. The summed E-state index contributed by atoms with van der Waals surface area (Å²) in [4.78, 5) is 13.2. The van der Waals surface area contributed by atoms with Crippen LogP contribution in [-0.2, 0) is 9.53 Å². The van der Waals surface area contributed by atoms with Gasteiger partial charge < -0.3 is 9.64 Å². The maximum atomic E-state index is 10.9. The van der Waals surface area contributed by atoms with E-state index in [2.05, 4.69) is 45.4 Å². The van der Waals surface area contributed by atoms with E-state index in [9.17, 15) is 4.79 Å². The van der Waals surface area contributed by atoms with Crippen molar-refractivity contribution in [1.29, 1.82) is 0 Å². The van der Waals surface area contributed by atoms with E-state index in [4.69, 9.17) is 4.74 Å². The number of Topliss-reactive ketones (excluding diaryl/α,β-unsaturated/α-hetero) is 1. The van der Waals surface area contributed by atoms with Crippen LogP contribution in [0.2, 0.25) is 0 Å². The van der Waals surface area contributed by atoms with E-state index in [1.807, 2.05) is 6.08 Å². The fourth-order valence-electron chi connectivity index (χ4n) is 1.96. The van der Waals surface area contributed by atoms with Gasteiger partial charge in [-0.25, -0.2) is 0 Å². The average Bonchev–Trinajstić information content (AvgIpc) is 2.44. The molecule has 21 heavy (non-hydrogen) atoms. The zero-order chi connectivity index (χ0) is 16.3. The highest BCUT2D eigenvalue weighted by molar-refractivity contribution is 5.75. The molecule has 3 nitrogen and oxygen atoms in total. The quantitative estimate of drug-likeness (QED) is 0.399. The summed E-state index contributed by atoms with van der Waals surface area (Å²) in [6.07, 6.45) is 6.85. The molecule has 0 aliphatic rings. The molecular weight excluding hydrogens is 262 g/mol. The SMILES string of the molecule is C=CCC(C)/C(C)=C\N(CCOCCC(C)=O)C(C)CC. The number of ketones is 1. The molecule has 0 saturated heterocycles. The van der Waals surface area contributed by atoms with Crippen LogP contribution in [0.3, 0.4) is 0 Å². The van der Waals surface area contributed by atoms with Gasteiger partial charge in [-0.05, 0) is 45.7 Å². The van der Waals surface area contributed by atoms with Gasteiger partial charge in [0.05, 0.1) is 13.2 Å². The van der Waals surface area contributed by atoms with Crippen LogP contribution in [-0.4, -0.2) is 36.5 Å². The molecule has 0 aromatic heterocycles. The van der Waals surface area contributed by atoms with E-state index >= 15 is 0 Å². The molecule has 0 amide bonds. The second-order valence-electron chi connectivity index (χ2n) is 5.86. The first-order chi connectivity index (χ1) is 9.92. The molecule has 0 heterocycles. The zero-order valence-corrected chi connectivity index (χ0v) is 14.5. The van der Waals surface area contributed by atoms with E-state index in [-0.39, 0.29) is 5.78 Å². The molecule has 0 saturated carbocycles. The molecule has 0 fully saturated rings. The Kier molecular flexibility index (Phi) is 11.0. The number of rotatable bonds is 12. The van der Waals surface area contributed by atoms with Crippen molar-refractivity contribution in [3.05, 3.63) is 24.4 Å². The van der Waals surface area contributed by atoms with Crippen molar-refractivity contribution < 1.29 is 9.53 Å². The van der Waals surface area contributed by atoms with Crippen LogP contribution < -0.4 is 0 Å². The van der Waals surface area contributed by atoms with Gasteiger partial charge in [0.25, 0.3) is 0 Å². The maximum Gasteiger partial charge on any atom is 0.132 e. The molecular formula is C18H33NO2. The first-order valence-corrected chi connectivity index (χ1v) is 8.04. The minimum Gasteiger partial charge on any atom is -0.379 e. The van der Waals surface area contributed by atoms with Crippen molar-refractivity contribution in [3.63, 3.8) is 0 Å².